The molecule has 0 fully saturated rings. The molecule has 0 aromatic carbocycles. The van der Waals surface area contributed by atoms with Gasteiger partial charge in [-0.2, -0.15) is 5.10 Å². The molecule has 0 aliphatic heterocycles. The number of hydrazone groups is 1. The first-order valence-electron chi connectivity index (χ1n) is 6.36. The van der Waals surface area contributed by atoms with Crippen LogP contribution in [0.5, 0.6) is 0 Å². The molecule has 10 heteroatoms. The quantitative estimate of drug-likeness (QED) is 0.491. The summed E-state index contributed by atoms with van der Waals surface area (Å²) in [4.78, 5) is 25.7. The Morgan fingerprint density at radius 1 is 1.52 bits per heavy atom. The standard InChI is InChI=1S/C13H13N5O4S/c1-7-12(8(2)16-17-13(14)19)23-10(15-7)5-3-9-4-6-11(22-9)18(20)21/h3-6H,1-2H3,(H3,14,17,19)/b5-3+,16-8-. The average Bonchev–Trinajstić information content (AvgIpc) is 3.09. The van der Waals surface area contributed by atoms with Gasteiger partial charge in [0.2, 0.25) is 0 Å². The molecule has 2 aromatic heterocycles. The number of furan rings is 1. The Labute approximate surface area is 134 Å². The number of nitrogens with one attached hydrogen (secondary N) is 1. The van der Waals surface area contributed by atoms with Crippen molar-refractivity contribution in [2.24, 2.45) is 10.8 Å². The van der Waals surface area contributed by atoms with Crippen molar-refractivity contribution in [3.63, 3.8) is 0 Å². The highest BCUT2D eigenvalue weighted by Crippen LogP contribution is 2.22. The highest BCUT2D eigenvalue weighted by Gasteiger charge is 2.11. The molecule has 2 amide bonds. The zero-order valence-electron chi connectivity index (χ0n) is 12.3. The zero-order valence-corrected chi connectivity index (χ0v) is 13.1. The van der Waals surface area contributed by atoms with Gasteiger partial charge in [0.1, 0.15) is 15.7 Å². The van der Waals surface area contributed by atoms with Gasteiger partial charge >= 0.3 is 11.9 Å². The number of rotatable bonds is 5. The highest BCUT2D eigenvalue weighted by molar-refractivity contribution is 7.14. The molecule has 2 rings (SSSR count). The van der Waals surface area contributed by atoms with Crippen molar-refractivity contribution in [2.75, 3.05) is 0 Å². The predicted molar refractivity (Wildman–Crippen MR) is 86.1 cm³/mol. The molecule has 2 heterocycles. The van der Waals surface area contributed by atoms with Crippen molar-refractivity contribution in [2.45, 2.75) is 13.8 Å². The Hall–Kier alpha value is -3.01. The number of nitrogens with zero attached hydrogens (tertiary/aromatic N) is 3. The minimum absolute atomic E-state index is 0.318. The first-order chi connectivity index (χ1) is 10.9. The van der Waals surface area contributed by atoms with E-state index in [0.29, 0.717) is 16.5 Å². The van der Waals surface area contributed by atoms with Gasteiger partial charge in [0.15, 0.2) is 0 Å². The monoisotopic (exact) mass is 335 g/mol. The third-order valence-corrected chi connectivity index (χ3v) is 3.89. The first kappa shape index (κ1) is 16.4. The van der Waals surface area contributed by atoms with E-state index in [-0.39, 0.29) is 5.88 Å². The van der Waals surface area contributed by atoms with Crippen molar-refractivity contribution in [1.82, 2.24) is 10.4 Å². The van der Waals surface area contributed by atoms with Crippen LogP contribution in [0.1, 0.15) is 28.3 Å². The summed E-state index contributed by atoms with van der Waals surface area (Å²) >= 11 is 1.36. The van der Waals surface area contributed by atoms with Crippen molar-refractivity contribution < 1.29 is 14.1 Å². The normalized spacial score (nSPS) is 11.8. The summed E-state index contributed by atoms with van der Waals surface area (Å²) in [6, 6.07) is 2.04. The molecule has 0 aliphatic carbocycles. The van der Waals surface area contributed by atoms with Crippen LogP contribution < -0.4 is 11.2 Å². The molecule has 23 heavy (non-hydrogen) atoms. The number of aryl methyl sites for hydroxylation is 1. The Morgan fingerprint density at radius 3 is 2.87 bits per heavy atom. The average molecular weight is 335 g/mol. The van der Waals surface area contributed by atoms with Crippen LogP contribution in [0, 0.1) is 17.0 Å². The fourth-order valence-corrected chi connectivity index (χ4v) is 2.61. The minimum atomic E-state index is -0.744. The highest BCUT2D eigenvalue weighted by atomic mass is 32.1. The number of hydrogen-bond acceptors (Lipinski definition) is 7. The molecule has 0 saturated carbocycles. The minimum Gasteiger partial charge on any atom is -0.401 e. The Morgan fingerprint density at radius 2 is 2.26 bits per heavy atom. The van der Waals surface area contributed by atoms with Crippen LogP contribution >= 0.6 is 11.3 Å². The molecule has 9 nitrogen and oxygen atoms in total. The molecule has 120 valence electrons. The van der Waals surface area contributed by atoms with Crippen molar-refractivity contribution in [3.05, 3.63) is 43.6 Å². The van der Waals surface area contributed by atoms with Gasteiger partial charge < -0.3 is 10.2 Å². The molecule has 2 aromatic rings. The molecular weight excluding hydrogens is 322 g/mol. The van der Waals surface area contributed by atoms with E-state index in [0.717, 1.165) is 10.6 Å². The number of nitrogens with two attached hydrogens (primary N) is 1. The molecule has 0 radical (unpaired) electrons. The van der Waals surface area contributed by atoms with E-state index in [1.165, 1.54) is 23.5 Å². The number of hydrogen-bond donors (Lipinski definition) is 2. The van der Waals surface area contributed by atoms with Crippen molar-refractivity contribution >= 4 is 41.1 Å². The van der Waals surface area contributed by atoms with Gasteiger partial charge in [-0.25, -0.2) is 15.2 Å². The summed E-state index contributed by atoms with van der Waals surface area (Å²) < 4.78 is 5.02. The number of nitro groups is 1. The van der Waals surface area contributed by atoms with Gasteiger partial charge in [-0.05, 0) is 32.1 Å². The zero-order chi connectivity index (χ0) is 17.0. The van der Waals surface area contributed by atoms with Gasteiger partial charge in [0, 0.05) is 0 Å². The molecule has 0 bridgehead atoms. The van der Waals surface area contributed by atoms with Crippen molar-refractivity contribution in [3.8, 4) is 0 Å². The SMILES string of the molecule is C/C(=N/NC(N)=O)c1sc(/C=C/c2ccc([N+](=O)[O-])o2)nc1C. The lowest BCUT2D eigenvalue weighted by molar-refractivity contribution is -0.402. The topological polar surface area (TPSA) is 137 Å². The summed E-state index contributed by atoms with van der Waals surface area (Å²) in [5.74, 6) is 0.0352. The number of urea groups is 1. The summed E-state index contributed by atoms with van der Waals surface area (Å²) in [6.45, 7) is 3.53. The molecule has 3 N–H and O–H groups in total. The predicted octanol–water partition coefficient (Wildman–Crippen LogP) is 2.52. The van der Waals surface area contributed by atoms with Crippen LogP contribution in [-0.2, 0) is 0 Å². The lowest BCUT2D eigenvalue weighted by atomic mass is 10.3. The summed E-state index contributed by atoms with van der Waals surface area (Å²) in [7, 11) is 0. The Balaban J connectivity index is 2.16. The maximum Gasteiger partial charge on any atom is 0.433 e. The molecule has 0 spiro atoms. The third kappa shape index (κ3) is 4.23. The van der Waals surface area contributed by atoms with Gasteiger partial charge in [-0.1, -0.05) is 0 Å². The maximum absolute atomic E-state index is 10.7. The largest absolute Gasteiger partial charge is 0.433 e. The lowest BCUT2D eigenvalue weighted by Gasteiger charge is -1.97. The maximum atomic E-state index is 10.7. The summed E-state index contributed by atoms with van der Waals surface area (Å²) in [5, 5.41) is 15.1. The number of carbonyl (C=O) groups is 1. The summed E-state index contributed by atoms with van der Waals surface area (Å²) in [6.07, 6.45) is 3.27. The van der Waals surface area contributed by atoms with E-state index < -0.39 is 11.0 Å². The fourth-order valence-electron chi connectivity index (χ4n) is 1.70. The van der Waals surface area contributed by atoms with E-state index in [4.69, 9.17) is 10.2 Å². The van der Waals surface area contributed by atoms with Crippen LogP contribution in [0.15, 0.2) is 21.7 Å². The van der Waals surface area contributed by atoms with Crippen molar-refractivity contribution in [1.29, 1.82) is 0 Å². The number of carbonyl (C=O) groups excluding carboxylic acids is 1. The second kappa shape index (κ2) is 6.83. The van der Waals surface area contributed by atoms with Gasteiger partial charge in [0.05, 0.1) is 22.3 Å². The van der Waals surface area contributed by atoms with Crippen LogP contribution in [0.2, 0.25) is 0 Å². The fraction of sp³-hybridized carbons (Fsp3) is 0.154. The molecule has 0 aliphatic rings. The third-order valence-electron chi connectivity index (χ3n) is 2.66. The molecular formula is C13H13N5O4S. The Kier molecular flexibility index (Phi) is 4.86. The number of aromatic nitrogens is 1. The van der Waals surface area contributed by atoms with Crippen LogP contribution in [-0.4, -0.2) is 21.7 Å². The van der Waals surface area contributed by atoms with Gasteiger partial charge in [-0.15, -0.1) is 11.3 Å². The van der Waals surface area contributed by atoms with E-state index in [1.807, 2.05) is 6.92 Å². The second-order valence-electron chi connectivity index (χ2n) is 4.41. The van der Waals surface area contributed by atoms with Gasteiger partial charge in [0.25, 0.3) is 0 Å². The molecule has 0 unspecified atom stereocenters. The van der Waals surface area contributed by atoms with Crippen LogP contribution in [0.25, 0.3) is 12.2 Å². The smallest absolute Gasteiger partial charge is 0.401 e. The van der Waals surface area contributed by atoms with E-state index in [2.05, 4.69) is 15.5 Å². The number of amides is 2. The number of primary amides is 1. The van der Waals surface area contributed by atoms with Gasteiger partial charge in [-0.3, -0.25) is 10.1 Å². The Bertz CT molecular complexity index is 805. The summed E-state index contributed by atoms with van der Waals surface area (Å²) in [5.41, 5.74) is 8.44. The molecule has 0 saturated heterocycles. The molecule has 0 atom stereocenters. The van der Waals surface area contributed by atoms with E-state index >= 15 is 0 Å². The second-order valence-corrected chi connectivity index (χ2v) is 5.44. The van der Waals surface area contributed by atoms with Crippen LogP contribution in [0.3, 0.4) is 0 Å². The number of thiazole rings is 1. The lowest BCUT2D eigenvalue weighted by Crippen LogP contribution is -2.25. The van der Waals surface area contributed by atoms with E-state index in [1.54, 1.807) is 19.1 Å². The first-order valence-corrected chi connectivity index (χ1v) is 7.18. The van der Waals surface area contributed by atoms with E-state index in [9.17, 15) is 14.9 Å². The van der Waals surface area contributed by atoms with Crippen LogP contribution in [0.4, 0.5) is 10.7 Å².